The van der Waals surface area contributed by atoms with E-state index in [1.807, 2.05) is 38.1 Å². The van der Waals surface area contributed by atoms with Gasteiger partial charge in [0.25, 0.3) is 0 Å². The molecule has 0 amide bonds. The molecule has 0 aromatic heterocycles. The van der Waals surface area contributed by atoms with Gasteiger partial charge < -0.3 is 9.47 Å². The Balaban J connectivity index is 2.75. The summed E-state index contributed by atoms with van der Waals surface area (Å²) < 4.78 is 11.3. The van der Waals surface area contributed by atoms with Crippen LogP contribution in [-0.4, -0.2) is 19.2 Å². The first-order chi connectivity index (χ1) is 7.54. The quantitative estimate of drug-likeness (QED) is 0.798. The van der Waals surface area contributed by atoms with Gasteiger partial charge in [0.15, 0.2) is 6.10 Å². The molecule has 1 aromatic carbocycles. The Morgan fingerprint density at radius 2 is 1.81 bits per heavy atom. The average Bonchev–Trinajstić information content (AvgIpc) is 2.27. The molecule has 0 saturated carbocycles. The molecular formula is C12H15BrO3. The van der Waals surface area contributed by atoms with E-state index in [4.69, 9.17) is 9.47 Å². The van der Waals surface area contributed by atoms with Gasteiger partial charge >= 0.3 is 5.97 Å². The minimum Gasteiger partial charge on any atom is -0.478 e. The molecule has 0 spiro atoms. The lowest BCUT2D eigenvalue weighted by Gasteiger charge is -2.19. The zero-order chi connectivity index (χ0) is 12.1. The Labute approximate surface area is 104 Å². The summed E-state index contributed by atoms with van der Waals surface area (Å²) >= 11 is 3.34. The molecule has 4 heteroatoms. The molecule has 0 radical (unpaired) electrons. The first kappa shape index (κ1) is 13.0. The highest BCUT2D eigenvalue weighted by molar-refractivity contribution is 9.10. The van der Waals surface area contributed by atoms with Crippen molar-refractivity contribution in [2.45, 2.75) is 20.0 Å². The number of benzene rings is 1. The van der Waals surface area contributed by atoms with E-state index in [1.165, 1.54) is 7.11 Å². The van der Waals surface area contributed by atoms with Gasteiger partial charge in [-0.2, -0.15) is 0 Å². The maximum Gasteiger partial charge on any atom is 0.347 e. The second-order valence-corrected chi connectivity index (χ2v) is 4.68. The Morgan fingerprint density at radius 1 is 1.25 bits per heavy atom. The lowest BCUT2D eigenvalue weighted by atomic mass is 10.1. The summed E-state index contributed by atoms with van der Waals surface area (Å²) in [5.74, 6) is 0.376. The monoisotopic (exact) mass is 286 g/mol. The zero-order valence-corrected chi connectivity index (χ0v) is 11.2. The largest absolute Gasteiger partial charge is 0.478 e. The summed E-state index contributed by atoms with van der Waals surface area (Å²) in [6.45, 7) is 3.83. The van der Waals surface area contributed by atoms with E-state index in [0.29, 0.717) is 5.75 Å². The summed E-state index contributed by atoms with van der Waals surface area (Å²) in [6.07, 6.45) is -0.564. The molecule has 1 rings (SSSR count). The minimum absolute atomic E-state index is 0.0658. The highest BCUT2D eigenvalue weighted by atomic mass is 79.9. The van der Waals surface area contributed by atoms with Crippen LogP contribution in [0.25, 0.3) is 0 Å². The number of methoxy groups -OCH3 is 1. The van der Waals surface area contributed by atoms with E-state index in [1.54, 1.807) is 0 Å². The van der Waals surface area contributed by atoms with Gasteiger partial charge in [0, 0.05) is 10.4 Å². The lowest BCUT2D eigenvalue weighted by Crippen LogP contribution is -2.33. The standard InChI is InChI=1S/C12H15BrO3/c1-8(2)11(12(14)15-3)16-10-6-4-9(13)5-7-10/h4-8,11H,1-3H3/t11-/m0/s1. The first-order valence-electron chi connectivity index (χ1n) is 5.04. The third-order valence-electron chi connectivity index (χ3n) is 2.12. The highest BCUT2D eigenvalue weighted by Gasteiger charge is 2.24. The Kier molecular flexibility index (Phi) is 4.80. The number of carbonyl (C=O) groups excluding carboxylic acids is 1. The molecule has 88 valence electrons. The van der Waals surface area contributed by atoms with E-state index in [-0.39, 0.29) is 11.9 Å². The number of halogens is 1. The second-order valence-electron chi connectivity index (χ2n) is 3.76. The van der Waals surface area contributed by atoms with Crippen molar-refractivity contribution in [2.24, 2.45) is 5.92 Å². The average molecular weight is 287 g/mol. The molecule has 0 aliphatic heterocycles. The molecule has 0 aliphatic rings. The summed E-state index contributed by atoms with van der Waals surface area (Å²) in [6, 6.07) is 7.35. The van der Waals surface area contributed by atoms with Crippen molar-refractivity contribution >= 4 is 21.9 Å². The maximum absolute atomic E-state index is 11.5. The van der Waals surface area contributed by atoms with E-state index >= 15 is 0 Å². The van der Waals surface area contributed by atoms with E-state index in [2.05, 4.69) is 15.9 Å². The molecule has 1 aromatic rings. The van der Waals surface area contributed by atoms with Crippen LogP contribution < -0.4 is 4.74 Å². The van der Waals surface area contributed by atoms with Crippen LogP contribution in [0.5, 0.6) is 5.75 Å². The van der Waals surface area contributed by atoms with Crippen molar-refractivity contribution in [2.75, 3.05) is 7.11 Å². The number of carbonyl (C=O) groups is 1. The van der Waals surface area contributed by atoms with Gasteiger partial charge in [0.2, 0.25) is 0 Å². The Bertz CT molecular complexity index is 346. The SMILES string of the molecule is COC(=O)[C@@H](Oc1ccc(Br)cc1)C(C)C. The zero-order valence-electron chi connectivity index (χ0n) is 9.57. The minimum atomic E-state index is -0.564. The van der Waals surface area contributed by atoms with Crippen molar-refractivity contribution < 1.29 is 14.3 Å². The molecule has 3 nitrogen and oxygen atoms in total. The highest BCUT2D eigenvalue weighted by Crippen LogP contribution is 2.19. The van der Waals surface area contributed by atoms with Crippen LogP contribution in [0.15, 0.2) is 28.7 Å². The van der Waals surface area contributed by atoms with E-state index < -0.39 is 6.10 Å². The van der Waals surface area contributed by atoms with Gasteiger partial charge in [0.05, 0.1) is 7.11 Å². The normalized spacial score (nSPS) is 12.3. The third-order valence-corrected chi connectivity index (χ3v) is 2.64. The van der Waals surface area contributed by atoms with Gasteiger partial charge in [-0.1, -0.05) is 29.8 Å². The van der Waals surface area contributed by atoms with Crippen LogP contribution in [0.2, 0.25) is 0 Å². The molecule has 0 N–H and O–H groups in total. The molecule has 0 fully saturated rings. The first-order valence-corrected chi connectivity index (χ1v) is 5.84. The maximum atomic E-state index is 11.5. The summed E-state index contributed by atoms with van der Waals surface area (Å²) in [5.41, 5.74) is 0. The van der Waals surface area contributed by atoms with Gasteiger partial charge in [-0.15, -0.1) is 0 Å². The Morgan fingerprint density at radius 3 is 2.25 bits per heavy atom. The van der Waals surface area contributed by atoms with E-state index in [0.717, 1.165) is 4.47 Å². The van der Waals surface area contributed by atoms with E-state index in [9.17, 15) is 4.79 Å². The predicted molar refractivity (Wildman–Crippen MR) is 65.4 cm³/mol. The van der Waals surface area contributed by atoms with Crippen molar-refractivity contribution in [3.8, 4) is 5.75 Å². The van der Waals surface area contributed by atoms with Crippen LogP contribution in [0.1, 0.15) is 13.8 Å². The van der Waals surface area contributed by atoms with Crippen molar-refractivity contribution in [3.05, 3.63) is 28.7 Å². The number of hydrogen-bond acceptors (Lipinski definition) is 3. The lowest BCUT2D eigenvalue weighted by molar-refractivity contribution is -0.150. The molecule has 16 heavy (non-hydrogen) atoms. The second kappa shape index (κ2) is 5.89. The van der Waals surface area contributed by atoms with Crippen LogP contribution in [0.4, 0.5) is 0 Å². The van der Waals surface area contributed by atoms with Crippen LogP contribution >= 0.6 is 15.9 Å². The van der Waals surface area contributed by atoms with Crippen molar-refractivity contribution in [1.82, 2.24) is 0 Å². The summed E-state index contributed by atoms with van der Waals surface area (Å²) in [7, 11) is 1.36. The fourth-order valence-corrected chi connectivity index (χ4v) is 1.50. The van der Waals surface area contributed by atoms with Gasteiger partial charge in [-0.05, 0) is 24.3 Å². The molecular weight excluding hydrogens is 272 g/mol. The van der Waals surface area contributed by atoms with Gasteiger partial charge in [0.1, 0.15) is 5.75 Å². The smallest absolute Gasteiger partial charge is 0.347 e. The van der Waals surface area contributed by atoms with Crippen molar-refractivity contribution in [1.29, 1.82) is 0 Å². The Hall–Kier alpha value is -1.03. The molecule has 0 unspecified atom stereocenters. The fourth-order valence-electron chi connectivity index (χ4n) is 1.23. The van der Waals surface area contributed by atoms with Crippen molar-refractivity contribution in [3.63, 3.8) is 0 Å². The number of hydrogen-bond donors (Lipinski definition) is 0. The predicted octanol–water partition coefficient (Wildman–Crippen LogP) is 3.03. The van der Waals surface area contributed by atoms with Crippen LogP contribution in [-0.2, 0) is 9.53 Å². The van der Waals surface area contributed by atoms with Gasteiger partial charge in [-0.25, -0.2) is 4.79 Å². The summed E-state index contributed by atoms with van der Waals surface area (Å²) in [5, 5.41) is 0. The number of ether oxygens (including phenoxy) is 2. The molecule has 0 bridgehead atoms. The number of rotatable bonds is 4. The number of esters is 1. The molecule has 0 heterocycles. The molecule has 0 aliphatic carbocycles. The molecule has 0 saturated heterocycles. The molecule has 1 atom stereocenters. The van der Waals surface area contributed by atoms with Crippen LogP contribution in [0.3, 0.4) is 0 Å². The summed E-state index contributed by atoms with van der Waals surface area (Å²) in [4.78, 5) is 11.5. The van der Waals surface area contributed by atoms with Crippen LogP contribution in [0, 0.1) is 5.92 Å². The topological polar surface area (TPSA) is 35.5 Å². The third kappa shape index (κ3) is 3.52. The fraction of sp³-hybridized carbons (Fsp3) is 0.417. The van der Waals surface area contributed by atoms with Gasteiger partial charge in [-0.3, -0.25) is 0 Å².